The summed E-state index contributed by atoms with van der Waals surface area (Å²) in [5, 5.41) is 1.07. The lowest BCUT2D eigenvalue weighted by Gasteiger charge is -2.07. The van der Waals surface area contributed by atoms with Crippen LogP contribution >= 0.6 is 0 Å². The van der Waals surface area contributed by atoms with Crippen LogP contribution in [0.3, 0.4) is 0 Å². The van der Waals surface area contributed by atoms with Gasteiger partial charge in [-0.2, -0.15) is 0 Å². The van der Waals surface area contributed by atoms with Gasteiger partial charge in [-0.25, -0.2) is 9.97 Å². The van der Waals surface area contributed by atoms with E-state index >= 15 is 0 Å². The van der Waals surface area contributed by atoms with Gasteiger partial charge in [-0.05, 0) is 30.5 Å². The number of H-pyrrole nitrogens is 1. The van der Waals surface area contributed by atoms with E-state index in [1.807, 2.05) is 36.7 Å². The summed E-state index contributed by atoms with van der Waals surface area (Å²) in [7, 11) is 0. The van der Waals surface area contributed by atoms with Crippen molar-refractivity contribution in [3.05, 3.63) is 42.5 Å². The fraction of sp³-hybridized carbons (Fsp3) is 0.294. The predicted molar refractivity (Wildman–Crippen MR) is 84.9 cm³/mol. The Labute approximate surface area is 123 Å². The Morgan fingerprint density at radius 3 is 2.62 bits per heavy atom. The van der Waals surface area contributed by atoms with Crippen molar-refractivity contribution in [1.82, 2.24) is 15.0 Å². The van der Waals surface area contributed by atoms with E-state index in [9.17, 15) is 0 Å². The molecule has 0 aliphatic heterocycles. The highest BCUT2D eigenvalue weighted by Crippen LogP contribution is 2.34. The number of hydrogen-bond acceptors (Lipinski definition) is 3. The zero-order valence-electron chi connectivity index (χ0n) is 11.8. The van der Waals surface area contributed by atoms with Crippen LogP contribution in [0.2, 0.25) is 0 Å². The molecule has 1 saturated carbocycles. The first-order valence-electron chi connectivity index (χ1n) is 7.51. The highest BCUT2D eigenvalue weighted by Gasteiger charge is 2.20. The smallest absolute Gasteiger partial charge is 0.141 e. The molecule has 2 aromatic heterocycles. The van der Waals surface area contributed by atoms with Gasteiger partial charge in [0.25, 0.3) is 0 Å². The first kappa shape index (κ1) is 12.4. The second kappa shape index (κ2) is 4.88. The Kier molecular flexibility index (Phi) is 2.88. The molecule has 3 N–H and O–H groups in total. The van der Waals surface area contributed by atoms with E-state index in [4.69, 9.17) is 10.7 Å². The fourth-order valence-electron chi connectivity index (χ4n) is 3.20. The summed E-state index contributed by atoms with van der Waals surface area (Å²) in [5.41, 5.74) is 9.72. The Hall–Kier alpha value is -2.36. The maximum absolute atomic E-state index is 5.75. The molecule has 0 unspecified atom stereocenters. The predicted octanol–water partition coefficient (Wildman–Crippen LogP) is 3.86. The first-order valence-corrected chi connectivity index (χ1v) is 7.51. The summed E-state index contributed by atoms with van der Waals surface area (Å²) >= 11 is 0. The summed E-state index contributed by atoms with van der Waals surface area (Å²) < 4.78 is 0. The molecule has 0 atom stereocenters. The molecule has 106 valence electrons. The molecule has 0 amide bonds. The highest BCUT2D eigenvalue weighted by atomic mass is 14.9. The Bertz CT molecular complexity index is 767. The molecular formula is C17H18N4. The molecule has 0 bridgehead atoms. The van der Waals surface area contributed by atoms with Gasteiger partial charge in [0.15, 0.2) is 0 Å². The minimum atomic E-state index is 0.540. The van der Waals surface area contributed by atoms with Crippen LogP contribution in [0.4, 0.5) is 5.69 Å². The second-order valence-electron chi connectivity index (χ2n) is 5.80. The van der Waals surface area contributed by atoms with E-state index in [0.717, 1.165) is 33.7 Å². The second-order valence-corrected chi connectivity index (χ2v) is 5.80. The number of nitrogens with one attached hydrogen (secondary N) is 1. The van der Waals surface area contributed by atoms with Crippen LogP contribution in [0, 0.1) is 0 Å². The van der Waals surface area contributed by atoms with Gasteiger partial charge in [-0.1, -0.05) is 25.0 Å². The summed E-state index contributed by atoms with van der Waals surface area (Å²) in [5.74, 6) is 1.53. The van der Waals surface area contributed by atoms with Crippen LogP contribution in [0.15, 0.2) is 36.7 Å². The number of hydrogen-bond donors (Lipinski definition) is 2. The molecule has 2 heterocycles. The standard InChI is InChI=1S/C17H18N4/c18-13-7-5-11(6-8-13)14-9-20-17-15(14)10-19-16(21-17)12-3-1-2-4-12/h5-10,12H,1-4,18H2,(H,19,20,21). The van der Waals surface area contributed by atoms with Gasteiger partial charge in [0, 0.05) is 34.9 Å². The number of nitrogens with zero attached hydrogens (tertiary/aromatic N) is 2. The molecule has 4 rings (SSSR count). The number of anilines is 1. The zero-order chi connectivity index (χ0) is 14.2. The molecule has 1 aliphatic carbocycles. The maximum atomic E-state index is 5.75. The van der Waals surface area contributed by atoms with Crippen LogP contribution in [0.5, 0.6) is 0 Å². The Balaban J connectivity index is 1.76. The number of nitrogens with two attached hydrogens (primary N) is 1. The van der Waals surface area contributed by atoms with Crippen LogP contribution in [0.25, 0.3) is 22.2 Å². The molecule has 4 nitrogen and oxygen atoms in total. The minimum absolute atomic E-state index is 0.540. The van der Waals surface area contributed by atoms with E-state index in [0.29, 0.717) is 5.92 Å². The number of nitrogen functional groups attached to an aromatic ring is 1. The number of aromatic amines is 1. The molecule has 0 radical (unpaired) electrons. The monoisotopic (exact) mass is 278 g/mol. The quantitative estimate of drug-likeness (QED) is 0.699. The lowest BCUT2D eigenvalue weighted by Crippen LogP contribution is -2.00. The van der Waals surface area contributed by atoms with E-state index < -0.39 is 0 Å². The van der Waals surface area contributed by atoms with Crippen molar-refractivity contribution in [2.45, 2.75) is 31.6 Å². The van der Waals surface area contributed by atoms with Crippen LogP contribution in [-0.4, -0.2) is 15.0 Å². The summed E-state index contributed by atoms with van der Waals surface area (Å²) in [4.78, 5) is 12.6. The lowest BCUT2D eigenvalue weighted by molar-refractivity contribution is 0.671. The number of aromatic nitrogens is 3. The third kappa shape index (κ3) is 2.17. The van der Waals surface area contributed by atoms with E-state index in [-0.39, 0.29) is 0 Å². The van der Waals surface area contributed by atoms with Crippen molar-refractivity contribution < 1.29 is 0 Å². The molecule has 0 spiro atoms. The summed E-state index contributed by atoms with van der Waals surface area (Å²) in [6.07, 6.45) is 9.00. The summed E-state index contributed by atoms with van der Waals surface area (Å²) in [6, 6.07) is 7.90. The van der Waals surface area contributed by atoms with Gasteiger partial charge in [0.1, 0.15) is 11.5 Å². The van der Waals surface area contributed by atoms with Gasteiger partial charge in [-0.3, -0.25) is 0 Å². The van der Waals surface area contributed by atoms with Crippen molar-refractivity contribution in [3.8, 4) is 11.1 Å². The average Bonchev–Trinajstić information content (AvgIpc) is 3.17. The normalized spacial score (nSPS) is 15.8. The lowest BCUT2D eigenvalue weighted by atomic mass is 10.1. The molecule has 1 fully saturated rings. The van der Waals surface area contributed by atoms with Crippen molar-refractivity contribution in [2.75, 3.05) is 5.73 Å². The zero-order valence-corrected chi connectivity index (χ0v) is 11.8. The van der Waals surface area contributed by atoms with Crippen molar-refractivity contribution in [1.29, 1.82) is 0 Å². The van der Waals surface area contributed by atoms with E-state index in [1.54, 1.807) is 0 Å². The van der Waals surface area contributed by atoms with Gasteiger partial charge < -0.3 is 10.7 Å². The molecule has 1 aromatic carbocycles. The van der Waals surface area contributed by atoms with Crippen LogP contribution < -0.4 is 5.73 Å². The van der Waals surface area contributed by atoms with Gasteiger partial charge in [0.2, 0.25) is 0 Å². The van der Waals surface area contributed by atoms with Crippen molar-refractivity contribution in [2.24, 2.45) is 0 Å². The maximum Gasteiger partial charge on any atom is 0.141 e. The summed E-state index contributed by atoms with van der Waals surface area (Å²) in [6.45, 7) is 0. The Morgan fingerprint density at radius 1 is 1.10 bits per heavy atom. The SMILES string of the molecule is Nc1ccc(-c2c[nH]c3nc(C4CCCC4)ncc23)cc1. The third-order valence-electron chi connectivity index (χ3n) is 4.39. The van der Waals surface area contributed by atoms with Crippen LogP contribution in [-0.2, 0) is 0 Å². The molecular weight excluding hydrogens is 260 g/mol. The molecule has 3 aromatic rings. The van der Waals surface area contributed by atoms with Crippen LogP contribution in [0.1, 0.15) is 37.4 Å². The molecule has 1 aliphatic rings. The average molecular weight is 278 g/mol. The largest absolute Gasteiger partial charge is 0.399 e. The minimum Gasteiger partial charge on any atom is -0.399 e. The number of rotatable bonds is 2. The number of benzene rings is 1. The molecule has 21 heavy (non-hydrogen) atoms. The molecule has 0 saturated heterocycles. The molecule has 4 heteroatoms. The van der Waals surface area contributed by atoms with Gasteiger partial charge >= 0.3 is 0 Å². The van der Waals surface area contributed by atoms with Gasteiger partial charge in [0.05, 0.1) is 0 Å². The van der Waals surface area contributed by atoms with Gasteiger partial charge in [-0.15, -0.1) is 0 Å². The fourth-order valence-corrected chi connectivity index (χ4v) is 3.20. The highest BCUT2D eigenvalue weighted by molar-refractivity contribution is 5.93. The van der Waals surface area contributed by atoms with E-state index in [2.05, 4.69) is 9.97 Å². The van der Waals surface area contributed by atoms with Crippen molar-refractivity contribution >= 4 is 16.7 Å². The van der Waals surface area contributed by atoms with Crippen molar-refractivity contribution in [3.63, 3.8) is 0 Å². The third-order valence-corrected chi connectivity index (χ3v) is 4.39. The Morgan fingerprint density at radius 2 is 1.86 bits per heavy atom. The number of fused-ring (bicyclic) bond motifs is 1. The van der Waals surface area contributed by atoms with E-state index in [1.165, 1.54) is 25.7 Å². The topological polar surface area (TPSA) is 67.6 Å². The first-order chi connectivity index (χ1) is 10.3.